The molecule has 2 aliphatic rings. The Labute approximate surface area is 223 Å². The number of urea groups is 1. The van der Waals surface area contributed by atoms with Crippen molar-refractivity contribution >= 4 is 23.6 Å². The van der Waals surface area contributed by atoms with Crippen molar-refractivity contribution in [1.29, 1.82) is 0 Å². The summed E-state index contributed by atoms with van der Waals surface area (Å²) in [6, 6.07) is 9.95. The fourth-order valence-corrected chi connectivity index (χ4v) is 5.06. The van der Waals surface area contributed by atoms with Crippen molar-refractivity contribution in [2.24, 2.45) is 11.3 Å². The molecule has 200 valence electrons. The summed E-state index contributed by atoms with van der Waals surface area (Å²) in [4.78, 5) is 37.1. The number of nitrogens with zero attached hydrogens (tertiary/aromatic N) is 6. The smallest absolute Gasteiger partial charge is 0.317 e. The van der Waals surface area contributed by atoms with Crippen LogP contribution in [0.3, 0.4) is 0 Å². The second kappa shape index (κ2) is 10.1. The third-order valence-corrected chi connectivity index (χ3v) is 7.67. The van der Waals surface area contributed by atoms with Crippen molar-refractivity contribution in [3.8, 4) is 11.3 Å². The molecule has 2 N–H and O–H groups in total. The molecule has 2 aliphatic heterocycles. The second-order valence-electron chi connectivity index (χ2n) is 11.4. The molecule has 1 atom stereocenters. The zero-order valence-corrected chi connectivity index (χ0v) is 22.8. The number of carbonyl (C=O) groups excluding carboxylic acids is 2. The Morgan fingerprint density at radius 1 is 1.11 bits per heavy atom. The molecule has 1 aromatic carbocycles. The molecule has 10 heteroatoms. The molecular formula is C28H36N8O2. The van der Waals surface area contributed by atoms with Gasteiger partial charge in [0.1, 0.15) is 18.7 Å². The average Bonchev–Trinajstić information content (AvgIpc) is 3.51. The molecule has 0 saturated carbocycles. The van der Waals surface area contributed by atoms with E-state index in [9.17, 15) is 9.59 Å². The zero-order chi connectivity index (χ0) is 27.0. The summed E-state index contributed by atoms with van der Waals surface area (Å²) in [5, 5.41) is 10.8. The molecule has 0 spiro atoms. The number of benzene rings is 1. The number of hydrogen-bond acceptors (Lipinski definition) is 6. The molecule has 3 amide bonds. The van der Waals surface area contributed by atoms with Crippen LogP contribution in [0.25, 0.3) is 11.3 Å². The number of anilines is 2. The first kappa shape index (κ1) is 25.7. The first-order valence-corrected chi connectivity index (χ1v) is 13.1. The predicted molar refractivity (Wildman–Crippen MR) is 146 cm³/mol. The normalized spacial score (nSPS) is 17.5. The Morgan fingerprint density at radius 3 is 2.66 bits per heavy atom. The number of amides is 3. The monoisotopic (exact) mass is 516 g/mol. The third-order valence-electron chi connectivity index (χ3n) is 7.67. The molecule has 0 radical (unpaired) electrons. The van der Waals surface area contributed by atoms with Gasteiger partial charge in [0.05, 0.1) is 17.9 Å². The lowest BCUT2D eigenvalue weighted by Gasteiger charge is -2.27. The van der Waals surface area contributed by atoms with Gasteiger partial charge in [0, 0.05) is 44.4 Å². The third kappa shape index (κ3) is 5.49. The largest absolute Gasteiger partial charge is 0.338 e. The van der Waals surface area contributed by atoms with Crippen molar-refractivity contribution < 1.29 is 9.59 Å². The van der Waals surface area contributed by atoms with E-state index in [-0.39, 0.29) is 23.9 Å². The number of fused-ring (bicyclic) bond motifs is 1. The Hall–Kier alpha value is -3.95. The van der Waals surface area contributed by atoms with Crippen LogP contribution in [0.4, 0.5) is 16.4 Å². The number of likely N-dealkylation sites (N-methyl/N-ethyl adjacent to an activating group) is 1. The molecule has 38 heavy (non-hydrogen) atoms. The van der Waals surface area contributed by atoms with Gasteiger partial charge in [-0.15, -0.1) is 0 Å². The van der Waals surface area contributed by atoms with Gasteiger partial charge in [0.2, 0.25) is 5.91 Å². The van der Waals surface area contributed by atoms with Crippen LogP contribution in [-0.4, -0.2) is 61.6 Å². The van der Waals surface area contributed by atoms with Gasteiger partial charge in [0.25, 0.3) is 0 Å². The average molecular weight is 517 g/mol. The van der Waals surface area contributed by atoms with Gasteiger partial charge in [-0.2, -0.15) is 5.10 Å². The molecule has 1 unspecified atom stereocenters. The number of aromatic nitrogens is 4. The lowest BCUT2D eigenvalue weighted by molar-refractivity contribution is -0.132. The molecule has 1 saturated heterocycles. The molecular weight excluding hydrogens is 480 g/mol. The molecule has 4 heterocycles. The second-order valence-corrected chi connectivity index (χ2v) is 11.4. The Morgan fingerprint density at radius 2 is 1.92 bits per heavy atom. The molecule has 0 aliphatic carbocycles. The summed E-state index contributed by atoms with van der Waals surface area (Å²) in [6.45, 7) is 11.7. The number of aryl methyl sites for hydroxylation is 1. The fourth-order valence-electron chi connectivity index (χ4n) is 5.06. The lowest BCUT2D eigenvalue weighted by Crippen LogP contribution is -2.39. The maximum Gasteiger partial charge on any atom is 0.317 e. The molecule has 5 rings (SSSR count). The van der Waals surface area contributed by atoms with Gasteiger partial charge in [-0.3, -0.25) is 9.48 Å². The first-order valence-electron chi connectivity index (χ1n) is 13.1. The van der Waals surface area contributed by atoms with Crippen LogP contribution in [0.15, 0.2) is 36.7 Å². The van der Waals surface area contributed by atoms with E-state index in [4.69, 9.17) is 0 Å². The minimum atomic E-state index is 0.00344. The number of rotatable bonds is 5. The van der Waals surface area contributed by atoms with E-state index in [1.807, 2.05) is 36.1 Å². The van der Waals surface area contributed by atoms with Crippen LogP contribution in [0.2, 0.25) is 0 Å². The Balaban J connectivity index is 1.22. The summed E-state index contributed by atoms with van der Waals surface area (Å²) < 4.78 is 1.72. The van der Waals surface area contributed by atoms with Crippen molar-refractivity contribution in [3.05, 3.63) is 53.5 Å². The van der Waals surface area contributed by atoms with Gasteiger partial charge in [-0.05, 0) is 41.9 Å². The fraction of sp³-hybridized carbons (Fsp3) is 0.464. The highest BCUT2D eigenvalue weighted by Gasteiger charge is 2.33. The van der Waals surface area contributed by atoms with Crippen LogP contribution < -0.4 is 10.6 Å². The van der Waals surface area contributed by atoms with Gasteiger partial charge < -0.3 is 20.4 Å². The van der Waals surface area contributed by atoms with E-state index in [0.717, 1.165) is 47.6 Å². The number of likely N-dealkylation sites (tertiary alicyclic amines) is 1. The number of nitrogens with one attached hydrogen (secondary N) is 2. The van der Waals surface area contributed by atoms with E-state index in [2.05, 4.69) is 52.5 Å². The Kier molecular flexibility index (Phi) is 6.81. The topological polar surface area (TPSA) is 108 Å². The quantitative estimate of drug-likeness (QED) is 0.532. The van der Waals surface area contributed by atoms with E-state index >= 15 is 0 Å². The zero-order valence-electron chi connectivity index (χ0n) is 22.8. The van der Waals surface area contributed by atoms with E-state index in [0.29, 0.717) is 30.6 Å². The van der Waals surface area contributed by atoms with Crippen molar-refractivity contribution in [2.75, 3.05) is 25.5 Å². The maximum atomic E-state index is 12.7. The molecule has 10 nitrogen and oxygen atoms in total. The van der Waals surface area contributed by atoms with Gasteiger partial charge >= 0.3 is 6.03 Å². The standard InChI is InChI=1S/C28H36N8O2/c1-18-10-19(6-7-20(18)13-29-27(38)35-9-8-21(14-35)28(2,3)4)23-12-24(31-17-30-23)32-25-11-22-15-34(5)26(37)16-36(22)33-25/h6-7,10-12,17,21H,8-9,13-16H2,1-5H3,(H,29,38)(H,30,31,32,33). The number of carbonyl (C=O) groups is 2. The first-order chi connectivity index (χ1) is 18.1. The van der Waals surface area contributed by atoms with Crippen LogP contribution in [0.5, 0.6) is 0 Å². The van der Waals surface area contributed by atoms with Crippen molar-refractivity contribution in [2.45, 2.75) is 53.8 Å². The minimum absolute atomic E-state index is 0.00344. The van der Waals surface area contributed by atoms with Gasteiger partial charge in [0.15, 0.2) is 5.82 Å². The van der Waals surface area contributed by atoms with Crippen LogP contribution in [0.1, 0.15) is 44.0 Å². The van der Waals surface area contributed by atoms with Crippen molar-refractivity contribution in [1.82, 2.24) is 34.9 Å². The van der Waals surface area contributed by atoms with Crippen LogP contribution in [-0.2, 0) is 24.4 Å². The maximum absolute atomic E-state index is 12.7. The highest BCUT2D eigenvalue weighted by Crippen LogP contribution is 2.33. The SMILES string of the molecule is Cc1cc(-c2cc(Nc3cc4n(n3)CC(=O)N(C)C4)ncn2)ccc1CNC(=O)N1CCC(C(C)(C)C)C1. The molecule has 3 aromatic rings. The van der Waals surface area contributed by atoms with Gasteiger partial charge in [-0.1, -0.05) is 32.9 Å². The minimum Gasteiger partial charge on any atom is -0.338 e. The Bertz CT molecular complexity index is 1360. The van der Waals surface area contributed by atoms with E-state index in [1.165, 1.54) is 6.33 Å². The lowest BCUT2D eigenvalue weighted by atomic mass is 9.80. The summed E-state index contributed by atoms with van der Waals surface area (Å²) in [5.74, 6) is 1.84. The molecule has 2 aromatic heterocycles. The summed E-state index contributed by atoms with van der Waals surface area (Å²) in [7, 11) is 1.79. The van der Waals surface area contributed by atoms with E-state index < -0.39 is 0 Å². The molecule has 1 fully saturated rings. The summed E-state index contributed by atoms with van der Waals surface area (Å²) in [5.41, 5.74) is 5.09. The van der Waals surface area contributed by atoms with Crippen molar-refractivity contribution in [3.63, 3.8) is 0 Å². The number of hydrogen-bond donors (Lipinski definition) is 2. The van der Waals surface area contributed by atoms with E-state index in [1.54, 1.807) is 16.6 Å². The highest BCUT2D eigenvalue weighted by molar-refractivity contribution is 5.77. The van der Waals surface area contributed by atoms with Crippen LogP contribution in [0, 0.1) is 18.3 Å². The van der Waals surface area contributed by atoms with Crippen LogP contribution >= 0.6 is 0 Å². The van der Waals surface area contributed by atoms with Gasteiger partial charge in [-0.25, -0.2) is 14.8 Å². The summed E-state index contributed by atoms with van der Waals surface area (Å²) >= 11 is 0. The molecule has 0 bridgehead atoms. The predicted octanol–water partition coefficient (Wildman–Crippen LogP) is 3.94. The summed E-state index contributed by atoms with van der Waals surface area (Å²) in [6.07, 6.45) is 2.58. The highest BCUT2D eigenvalue weighted by atomic mass is 16.2.